The number of nitrogens with zero attached hydrogens (tertiary/aromatic N) is 1. The Balaban J connectivity index is 2.02. The lowest BCUT2D eigenvalue weighted by atomic mass is 9.93. The number of likely N-dealkylation sites (tertiary alicyclic amines) is 1. The van der Waals surface area contributed by atoms with Crippen LogP contribution in [0.2, 0.25) is 0 Å². The summed E-state index contributed by atoms with van der Waals surface area (Å²) in [7, 11) is 0. The molecule has 1 N–H and O–H groups in total. The summed E-state index contributed by atoms with van der Waals surface area (Å²) < 4.78 is 0. The third-order valence-corrected chi connectivity index (χ3v) is 3.35. The maximum atomic E-state index is 11.6. The van der Waals surface area contributed by atoms with E-state index in [1.54, 1.807) is 0 Å². The SMILES string of the molecule is CCC(=O)N1CC[C@H]2CCNC[C@H]21. The first-order valence-electron chi connectivity index (χ1n) is 5.33. The van der Waals surface area contributed by atoms with E-state index < -0.39 is 0 Å². The molecule has 13 heavy (non-hydrogen) atoms. The van der Waals surface area contributed by atoms with Gasteiger partial charge in [0.15, 0.2) is 0 Å². The first-order valence-corrected chi connectivity index (χ1v) is 5.33. The molecule has 2 heterocycles. The summed E-state index contributed by atoms with van der Waals surface area (Å²) in [5.74, 6) is 1.10. The van der Waals surface area contributed by atoms with Gasteiger partial charge in [0, 0.05) is 25.6 Å². The summed E-state index contributed by atoms with van der Waals surface area (Å²) in [6, 6.07) is 0.501. The van der Waals surface area contributed by atoms with Crippen LogP contribution in [0.1, 0.15) is 26.2 Å². The Morgan fingerprint density at radius 1 is 1.54 bits per heavy atom. The zero-order valence-corrected chi connectivity index (χ0v) is 8.25. The number of fused-ring (bicyclic) bond motifs is 1. The van der Waals surface area contributed by atoms with Crippen LogP contribution in [-0.4, -0.2) is 36.5 Å². The summed E-state index contributed by atoms with van der Waals surface area (Å²) in [5, 5.41) is 3.37. The highest BCUT2D eigenvalue weighted by atomic mass is 16.2. The fraction of sp³-hybridized carbons (Fsp3) is 0.900. The second kappa shape index (κ2) is 3.66. The Bertz CT molecular complexity index is 205. The second-order valence-corrected chi connectivity index (χ2v) is 4.05. The molecule has 0 spiro atoms. The van der Waals surface area contributed by atoms with Gasteiger partial charge in [0.2, 0.25) is 5.91 Å². The van der Waals surface area contributed by atoms with E-state index in [4.69, 9.17) is 0 Å². The van der Waals surface area contributed by atoms with Crippen LogP contribution in [0.15, 0.2) is 0 Å². The van der Waals surface area contributed by atoms with Crippen LogP contribution < -0.4 is 5.32 Å². The van der Waals surface area contributed by atoms with E-state index in [1.807, 2.05) is 6.92 Å². The fourth-order valence-corrected chi connectivity index (χ4v) is 2.58. The van der Waals surface area contributed by atoms with E-state index in [-0.39, 0.29) is 0 Å². The van der Waals surface area contributed by atoms with Crippen molar-refractivity contribution >= 4 is 5.91 Å². The minimum absolute atomic E-state index is 0.330. The van der Waals surface area contributed by atoms with Crippen LogP contribution in [-0.2, 0) is 4.79 Å². The monoisotopic (exact) mass is 182 g/mol. The Kier molecular flexibility index (Phi) is 2.54. The van der Waals surface area contributed by atoms with E-state index in [0.29, 0.717) is 18.4 Å². The molecule has 0 saturated carbocycles. The molecule has 2 atom stereocenters. The Morgan fingerprint density at radius 2 is 2.38 bits per heavy atom. The van der Waals surface area contributed by atoms with Gasteiger partial charge in [-0.1, -0.05) is 6.92 Å². The summed E-state index contributed by atoms with van der Waals surface area (Å²) >= 11 is 0. The van der Waals surface area contributed by atoms with Gasteiger partial charge in [0.05, 0.1) is 0 Å². The molecule has 2 aliphatic heterocycles. The van der Waals surface area contributed by atoms with Gasteiger partial charge in [0.25, 0.3) is 0 Å². The molecule has 3 heteroatoms. The van der Waals surface area contributed by atoms with Crippen LogP contribution in [0.5, 0.6) is 0 Å². The van der Waals surface area contributed by atoms with Crippen molar-refractivity contribution in [2.75, 3.05) is 19.6 Å². The topological polar surface area (TPSA) is 32.3 Å². The molecular weight excluding hydrogens is 164 g/mol. The number of piperidine rings is 1. The number of hydrogen-bond acceptors (Lipinski definition) is 2. The van der Waals surface area contributed by atoms with Crippen LogP contribution in [0.3, 0.4) is 0 Å². The number of carbonyl (C=O) groups excluding carboxylic acids is 1. The zero-order valence-electron chi connectivity index (χ0n) is 8.25. The molecule has 0 bridgehead atoms. The molecule has 0 aliphatic carbocycles. The van der Waals surface area contributed by atoms with E-state index >= 15 is 0 Å². The van der Waals surface area contributed by atoms with Gasteiger partial charge in [-0.2, -0.15) is 0 Å². The third kappa shape index (κ3) is 1.57. The van der Waals surface area contributed by atoms with Crippen molar-refractivity contribution in [3.05, 3.63) is 0 Å². The van der Waals surface area contributed by atoms with Crippen molar-refractivity contribution in [3.63, 3.8) is 0 Å². The number of carbonyl (C=O) groups is 1. The lowest BCUT2D eigenvalue weighted by Crippen LogP contribution is -2.47. The summed E-state index contributed by atoms with van der Waals surface area (Å²) in [4.78, 5) is 13.6. The van der Waals surface area contributed by atoms with E-state index in [2.05, 4.69) is 10.2 Å². The number of hydrogen-bond donors (Lipinski definition) is 1. The summed E-state index contributed by atoms with van der Waals surface area (Å²) in [5.41, 5.74) is 0. The predicted octanol–water partition coefficient (Wildman–Crippen LogP) is 0.607. The van der Waals surface area contributed by atoms with Gasteiger partial charge in [-0.25, -0.2) is 0 Å². The average molecular weight is 182 g/mol. The quantitative estimate of drug-likeness (QED) is 0.644. The molecule has 0 unspecified atom stereocenters. The highest BCUT2D eigenvalue weighted by Gasteiger charge is 2.37. The first-order chi connectivity index (χ1) is 6.33. The van der Waals surface area contributed by atoms with E-state index in [1.165, 1.54) is 12.8 Å². The molecular formula is C10H18N2O. The highest BCUT2D eigenvalue weighted by Crippen LogP contribution is 2.29. The van der Waals surface area contributed by atoms with Crippen molar-refractivity contribution in [3.8, 4) is 0 Å². The molecule has 2 saturated heterocycles. The summed E-state index contributed by atoms with van der Waals surface area (Å²) in [6.45, 7) is 5.08. The first kappa shape index (κ1) is 9.00. The molecule has 2 rings (SSSR count). The average Bonchev–Trinajstić information content (AvgIpc) is 2.60. The van der Waals surface area contributed by atoms with Crippen LogP contribution in [0.4, 0.5) is 0 Å². The Labute approximate surface area is 79.5 Å². The van der Waals surface area contributed by atoms with E-state index in [0.717, 1.165) is 25.6 Å². The van der Waals surface area contributed by atoms with Gasteiger partial charge >= 0.3 is 0 Å². The largest absolute Gasteiger partial charge is 0.338 e. The highest BCUT2D eigenvalue weighted by molar-refractivity contribution is 5.76. The minimum atomic E-state index is 0.330. The van der Waals surface area contributed by atoms with Crippen molar-refractivity contribution < 1.29 is 4.79 Å². The smallest absolute Gasteiger partial charge is 0.222 e. The van der Waals surface area contributed by atoms with Gasteiger partial charge in [-0.15, -0.1) is 0 Å². The van der Waals surface area contributed by atoms with Crippen molar-refractivity contribution in [1.82, 2.24) is 10.2 Å². The molecule has 0 radical (unpaired) electrons. The second-order valence-electron chi connectivity index (χ2n) is 4.05. The Morgan fingerprint density at radius 3 is 3.15 bits per heavy atom. The summed E-state index contributed by atoms with van der Waals surface area (Å²) in [6.07, 6.45) is 3.12. The molecule has 1 amide bonds. The molecule has 3 nitrogen and oxygen atoms in total. The molecule has 2 aliphatic rings. The molecule has 2 fully saturated rings. The number of amides is 1. The van der Waals surface area contributed by atoms with Crippen LogP contribution >= 0.6 is 0 Å². The van der Waals surface area contributed by atoms with Crippen molar-refractivity contribution in [1.29, 1.82) is 0 Å². The number of rotatable bonds is 1. The molecule has 0 aromatic heterocycles. The third-order valence-electron chi connectivity index (χ3n) is 3.35. The van der Waals surface area contributed by atoms with Crippen LogP contribution in [0, 0.1) is 5.92 Å². The van der Waals surface area contributed by atoms with E-state index in [9.17, 15) is 4.79 Å². The lowest BCUT2D eigenvalue weighted by molar-refractivity contribution is -0.132. The van der Waals surface area contributed by atoms with Gasteiger partial charge in [0.1, 0.15) is 0 Å². The minimum Gasteiger partial charge on any atom is -0.338 e. The van der Waals surface area contributed by atoms with Gasteiger partial charge in [-0.05, 0) is 25.3 Å². The normalized spacial score (nSPS) is 33.2. The predicted molar refractivity (Wildman–Crippen MR) is 51.4 cm³/mol. The maximum absolute atomic E-state index is 11.6. The number of nitrogens with one attached hydrogen (secondary N) is 1. The van der Waals surface area contributed by atoms with Gasteiger partial charge in [-0.3, -0.25) is 4.79 Å². The van der Waals surface area contributed by atoms with Crippen LogP contribution in [0.25, 0.3) is 0 Å². The molecule has 74 valence electrons. The van der Waals surface area contributed by atoms with Gasteiger partial charge < -0.3 is 10.2 Å². The molecule has 0 aromatic carbocycles. The lowest BCUT2D eigenvalue weighted by Gasteiger charge is -2.32. The maximum Gasteiger partial charge on any atom is 0.222 e. The molecule has 0 aromatic rings. The Hall–Kier alpha value is -0.570. The standard InChI is InChI=1S/C10H18N2O/c1-2-10(13)12-6-4-8-3-5-11-7-9(8)12/h8-9,11H,2-7H2,1H3/t8-,9-/m1/s1. The fourth-order valence-electron chi connectivity index (χ4n) is 2.58. The zero-order chi connectivity index (χ0) is 9.26. The van der Waals surface area contributed by atoms with Crippen molar-refractivity contribution in [2.24, 2.45) is 5.92 Å². The van der Waals surface area contributed by atoms with Crippen molar-refractivity contribution in [2.45, 2.75) is 32.2 Å².